The summed E-state index contributed by atoms with van der Waals surface area (Å²) in [7, 11) is -3.70. The highest BCUT2D eigenvalue weighted by Gasteiger charge is 2.26. The summed E-state index contributed by atoms with van der Waals surface area (Å²) in [5, 5.41) is 0. The second-order valence-corrected chi connectivity index (χ2v) is 8.76. The number of nitrogens with zero attached hydrogens (tertiary/aromatic N) is 1. The highest BCUT2D eigenvalue weighted by molar-refractivity contribution is 7.89. The molecule has 3 rings (SSSR count). The van der Waals surface area contributed by atoms with Gasteiger partial charge in [-0.15, -0.1) is 0 Å². The van der Waals surface area contributed by atoms with Crippen molar-refractivity contribution in [3.05, 3.63) is 29.8 Å². The molecule has 0 saturated carbocycles. The van der Waals surface area contributed by atoms with Crippen LogP contribution >= 0.6 is 0 Å². The SMILES string of the molecule is CC(OC(=O)c1ccc(S(=O)(=O)NCC2CCCO2)cc1)C(=O)N1CCOCC1. The number of hydrogen-bond acceptors (Lipinski definition) is 7. The minimum Gasteiger partial charge on any atom is -0.449 e. The number of nitrogens with one attached hydrogen (secondary N) is 1. The fourth-order valence-electron chi connectivity index (χ4n) is 3.18. The molecule has 2 unspecified atom stereocenters. The van der Waals surface area contributed by atoms with Crippen LogP contribution in [-0.4, -0.2) is 76.9 Å². The quantitative estimate of drug-likeness (QED) is 0.634. The largest absolute Gasteiger partial charge is 0.449 e. The molecule has 10 heteroatoms. The van der Waals surface area contributed by atoms with E-state index in [1.54, 1.807) is 4.90 Å². The molecule has 0 bridgehead atoms. The first-order valence-corrected chi connectivity index (χ1v) is 11.1. The summed E-state index contributed by atoms with van der Waals surface area (Å²) >= 11 is 0. The molecular weight excluding hydrogens is 400 g/mol. The summed E-state index contributed by atoms with van der Waals surface area (Å²) in [6, 6.07) is 5.41. The Kier molecular flexibility index (Phi) is 7.23. The number of morpholine rings is 1. The van der Waals surface area contributed by atoms with Crippen LogP contribution in [0.2, 0.25) is 0 Å². The van der Waals surface area contributed by atoms with Crippen LogP contribution in [0.15, 0.2) is 29.2 Å². The van der Waals surface area contributed by atoms with Crippen molar-refractivity contribution in [3.63, 3.8) is 0 Å². The van der Waals surface area contributed by atoms with Crippen molar-refractivity contribution >= 4 is 21.9 Å². The molecule has 2 saturated heterocycles. The maximum atomic E-state index is 12.4. The van der Waals surface area contributed by atoms with Gasteiger partial charge in [0.15, 0.2) is 6.10 Å². The zero-order chi connectivity index (χ0) is 20.9. The van der Waals surface area contributed by atoms with E-state index in [4.69, 9.17) is 14.2 Å². The van der Waals surface area contributed by atoms with Gasteiger partial charge in [-0.1, -0.05) is 0 Å². The zero-order valence-electron chi connectivity index (χ0n) is 16.3. The van der Waals surface area contributed by atoms with Crippen LogP contribution in [-0.2, 0) is 29.0 Å². The predicted molar refractivity (Wildman–Crippen MR) is 103 cm³/mol. The molecule has 0 spiro atoms. The van der Waals surface area contributed by atoms with Crippen molar-refractivity contribution in [1.82, 2.24) is 9.62 Å². The standard InChI is InChI=1S/C19H26N2O7S/c1-14(18(22)21-8-11-26-12-9-21)28-19(23)15-4-6-17(7-5-15)29(24,25)20-13-16-3-2-10-27-16/h4-7,14,16,20H,2-3,8-13H2,1H3. The number of rotatable bonds is 7. The third-order valence-electron chi connectivity index (χ3n) is 4.88. The first-order valence-electron chi connectivity index (χ1n) is 9.65. The summed E-state index contributed by atoms with van der Waals surface area (Å²) in [6.45, 7) is 4.23. The van der Waals surface area contributed by atoms with Gasteiger partial charge in [-0.25, -0.2) is 17.9 Å². The van der Waals surface area contributed by atoms with Crippen LogP contribution in [0.5, 0.6) is 0 Å². The summed E-state index contributed by atoms with van der Waals surface area (Å²) in [6.07, 6.45) is 0.714. The fraction of sp³-hybridized carbons (Fsp3) is 0.579. The first kappa shape index (κ1) is 21.7. The Morgan fingerprint density at radius 1 is 1.21 bits per heavy atom. The van der Waals surface area contributed by atoms with Gasteiger partial charge in [0, 0.05) is 26.2 Å². The average molecular weight is 426 g/mol. The second-order valence-electron chi connectivity index (χ2n) is 7.00. The second kappa shape index (κ2) is 9.66. The highest BCUT2D eigenvalue weighted by atomic mass is 32.2. The number of sulfonamides is 1. The van der Waals surface area contributed by atoms with E-state index in [1.165, 1.54) is 31.2 Å². The predicted octanol–water partition coefficient (Wildman–Crippen LogP) is 0.548. The monoisotopic (exact) mass is 426 g/mol. The minimum atomic E-state index is -3.70. The van der Waals surface area contributed by atoms with Gasteiger partial charge in [-0.2, -0.15) is 0 Å². The number of benzene rings is 1. The number of ether oxygens (including phenoxy) is 3. The Bertz CT molecular complexity index is 813. The molecular formula is C19H26N2O7S. The minimum absolute atomic E-state index is 0.0458. The maximum absolute atomic E-state index is 12.4. The van der Waals surface area contributed by atoms with Crippen molar-refractivity contribution in [2.75, 3.05) is 39.5 Å². The van der Waals surface area contributed by atoms with Gasteiger partial charge in [0.25, 0.3) is 5.91 Å². The molecule has 2 aliphatic rings. The summed E-state index contributed by atoms with van der Waals surface area (Å²) in [5.41, 5.74) is 0.171. The van der Waals surface area contributed by atoms with Gasteiger partial charge < -0.3 is 19.1 Å². The Morgan fingerprint density at radius 3 is 2.52 bits per heavy atom. The molecule has 0 aliphatic carbocycles. The average Bonchev–Trinajstić information content (AvgIpc) is 3.26. The molecule has 160 valence electrons. The molecule has 0 radical (unpaired) electrons. The number of hydrogen-bond donors (Lipinski definition) is 1. The van der Waals surface area contributed by atoms with Crippen LogP contribution in [0.4, 0.5) is 0 Å². The van der Waals surface area contributed by atoms with Crippen molar-refractivity contribution in [1.29, 1.82) is 0 Å². The fourth-order valence-corrected chi connectivity index (χ4v) is 4.25. The van der Waals surface area contributed by atoms with Crippen molar-refractivity contribution < 1.29 is 32.2 Å². The van der Waals surface area contributed by atoms with Crippen molar-refractivity contribution in [2.24, 2.45) is 0 Å². The summed E-state index contributed by atoms with van der Waals surface area (Å²) in [4.78, 5) is 26.3. The smallest absolute Gasteiger partial charge is 0.338 e. The van der Waals surface area contributed by atoms with Crippen LogP contribution < -0.4 is 4.72 Å². The Balaban J connectivity index is 1.55. The van der Waals surface area contributed by atoms with Crippen LogP contribution in [0, 0.1) is 0 Å². The molecule has 2 heterocycles. The number of amides is 1. The van der Waals surface area contributed by atoms with E-state index in [1.807, 2.05) is 0 Å². The molecule has 1 aromatic rings. The zero-order valence-corrected chi connectivity index (χ0v) is 17.2. The van der Waals surface area contributed by atoms with Crippen molar-refractivity contribution in [3.8, 4) is 0 Å². The van der Waals surface area contributed by atoms with Crippen LogP contribution in [0.3, 0.4) is 0 Å². The van der Waals surface area contributed by atoms with E-state index in [2.05, 4.69) is 4.72 Å². The van der Waals surface area contributed by atoms with Gasteiger partial charge in [-0.05, 0) is 44.0 Å². The lowest BCUT2D eigenvalue weighted by atomic mass is 10.2. The highest BCUT2D eigenvalue weighted by Crippen LogP contribution is 2.15. The third-order valence-corrected chi connectivity index (χ3v) is 6.32. The van der Waals surface area contributed by atoms with E-state index in [0.717, 1.165) is 12.8 Å². The van der Waals surface area contributed by atoms with Crippen LogP contribution in [0.1, 0.15) is 30.1 Å². The molecule has 2 fully saturated rings. The molecule has 1 N–H and O–H groups in total. The summed E-state index contributed by atoms with van der Waals surface area (Å²) < 4.78 is 43.1. The molecule has 9 nitrogen and oxygen atoms in total. The third kappa shape index (κ3) is 5.75. The van der Waals surface area contributed by atoms with Gasteiger partial charge in [0.2, 0.25) is 10.0 Å². The molecule has 0 aromatic heterocycles. The number of carbonyl (C=O) groups excluding carboxylic acids is 2. The van der Waals surface area contributed by atoms with E-state index in [-0.39, 0.29) is 29.0 Å². The Morgan fingerprint density at radius 2 is 1.90 bits per heavy atom. The first-order chi connectivity index (χ1) is 13.9. The lowest BCUT2D eigenvalue weighted by molar-refractivity contribution is -0.143. The van der Waals surface area contributed by atoms with Gasteiger partial charge in [0.1, 0.15) is 0 Å². The topological polar surface area (TPSA) is 111 Å². The summed E-state index contributed by atoms with van der Waals surface area (Å²) in [5.74, 6) is -0.963. The van der Waals surface area contributed by atoms with E-state index < -0.39 is 22.1 Å². The van der Waals surface area contributed by atoms with Crippen molar-refractivity contribution in [2.45, 2.75) is 36.9 Å². The van der Waals surface area contributed by atoms with E-state index in [9.17, 15) is 18.0 Å². The van der Waals surface area contributed by atoms with E-state index >= 15 is 0 Å². The molecule has 1 aromatic carbocycles. The van der Waals surface area contributed by atoms with Gasteiger partial charge in [0.05, 0.1) is 29.8 Å². The Hall–Kier alpha value is -2.01. The normalized spacial score (nSPS) is 21.0. The lowest BCUT2D eigenvalue weighted by Crippen LogP contribution is -2.46. The van der Waals surface area contributed by atoms with E-state index in [0.29, 0.717) is 32.9 Å². The van der Waals surface area contributed by atoms with Crippen LogP contribution in [0.25, 0.3) is 0 Å². The van der Waals surface area contributed by atoms with Gasteiger partial charge in [-0.3, -0.25) is 4.79 Å². The Labute approximate surface area is 170 Å². The molecule has 2 aliphatic heterocycles. The molecule has 2 atom stereocenters. The molecule has 1 amide bonds. The molecule has 29 heavy (non-hydrogen) atoms. The number of carbonyl (C=O) groups is 2. The maximum Gasteiger partial charge on any atom is 0.338 e. The number of esters is 1. The lowest BCUT2D eigenvalue weighted by Gasteiger charge is -2.28. The van der Waals surface area contributed by atoms with Gasteiger partial charge >= 0.3 is 5.97 Å².